The monoisotopic (exact) mass is 316 g/mol. The minimum atomic E-state index is -3.49. The van der Waals surface area contributed by atoms with Gasteiger partial charge in [0.05, 0.1) is 4.90 Å². The van der Waals surface area contributed by atoms with E-state index in [2.05, 4.69) is 18.9 Å². The molecule has 1 aromatic heterocycles. The number of sulfonamides is 1. The number of para-hydroxylation sites is 1. The third-order valence-electron chi connectivity index (χ3n) is 3.91. The van der Waals surface area contributed by atoms with Crippen molar-refractivity contribution in [2.75, 3.05) is 0 Å². The summed E-state index contributed by atoms with van der Waals surface area (Å²) in [6.45, 7) is 0. The van der Waals surface area contributed by atoms with Gasteiger partial charge in [-0.15, -0.1) is 9.24 Å². The minimum absolute atomic E-state index is 0.338. The molecule has 1 aliphatic rings. The highest BCUT2D eigenvalue weighted by atomic mass is 32.2. The summed E-state index contributed by atoms with van der Waals surface area (Å²) in [5.74, 6) is 0. The highest BCUT2D eigenvalue weighted by Crippen LogP contribution is 2.47. The quantitative estimate of drug-likeness (QED) is 0.678. The molecule has 0 amide bonds. The second kappa shape index (κ2) is 4.17. The van der Waals surface area contributed by atoms with Crippen LogP contribution in [0.25, 0.3) is 10.9 Å². The van der Waals surface area contributed by atoms with Crippen molar-refractivity contribution in [3.05, 3.63) is 65.9 Å². The summed E-state index contributed by atoms with van der Waals surface area (Å²) in [6.07, 6.45) is 1.86. The maximum Gasteiger partial charge on any atom is 0.242 e. The molecule has 21 heavy (non-hydrogen) atoms. The van der Waals surface area contributed by atoms with Gasteiger partial charge in [-0.3, -0.25) is 0 Å². The number of rotatable bonds is 1. The van der Waals surface area contributed by atoms with Gasteiger partial charge < -0.3 is 4.98 Å². The zero-order valence-corrected chi connectivity index (χ0v) is 13.0. The Balaban J connectivity index is 2.05. The van der Waals surface area contributed by atoms with Crippen LogP contribution in [0.4, 0.5) is 0 Å². The summed E-state index contributed by atoms with van der Waals surface area (Å²) in [4.78, 5) is 3.54. The van der Waals surface area contributed by atoms with Crippen LogP contribution < -0.4 is 4.72 Å². The molecule has 0 fully saturated rings. The molecule has 2 heterocycles. The molecule has 0 radical (unpaired) electrons. The predicted octanol–water partition coefficient (Wildman–Crippen LogP) is 2.54. The molecule has 2 atom stereocenters. The Morgan fingerprint density at radius 2 is 1.67 bits per heavy atom. The van der Waals surface area contributed by atoms with E-state index in [0.29, 0.717) is 4.90 Å². The van der Waals surface area contributed by atoms with Crippen molar-refractivity contribution in [2.45, 2.75) is 10.2 Å². The van der Waals surface area contributed by atoms with E-state index in [4.69, 9.17) is 0 Å². The van der Waals surface area contributed by atoms with Gasteiger partial charge >= 0.3 is 0 Å². The Labute approximate surface area is 124 Å². The van der Waals surface area contributed by atoms with Crippen LogP contribution >= 0.6 is 9.24 Å². The Hall–Kier alpha value is -1.68. The molecule has 6 heteroatoms. The number of aromatic amines is 1. The lowest BCUT2D eigenvalue weighted by Crippen LogP contribution is -2.34. The lowest BCUT2D eigenvalue weighted by Gasteiger charge is -2.24. The number of hydrogen-bond donors (Lipinski definition) is 2. The summed E-state index contributed by atoms with van der Waals surface area (Å²) in [5, 5.41) is 0.168. The fourth-order valence-electron chi connectivity index (χ4n) is 2.95. The molecule has 3 aromatic rings. The highest BCUT2D eigenvalue weighted by molar-refractivity contribution is 7.90. The molecule has 0 saturated carbocycles. The summed E-state index contributed by atoms with van der Waals surface area (Å²) in [6, 6.07) is 14.9. The molecule has 2 aromatic carbocycles. The smallest absolute Gasteiger partial charge is 0.242 e. The Bertz CT molecular complexity index is 964. The van der Waals surface area contributed by atoms with Crippen molar-refractivity contribution in [2.24, 2.45) is 0 Å². The summed E-state index contributed by atoms with van der Waals surface area (Å²) >= 11 is 0. The van der Waals surface area contributed by atoms with Crippen LogP contribution in [0.3, 0.4) is 0 Å². The molecule has 2 N–H and O–H groups in total. The average molecular weight is 316 g/mol. The highest BCUT2D eigenvalue weighted by Gasteiger charge is 2.45. The van der Waals surface area contributed by atoms with E-state index in [1.165, 1.54) is 0 Å². The number of aromatic nitrogens is 1. The fraction of sp³-hybridized carbons (Fsp3) is 0.0667. The summed E-state index contributed by atoms with van der Waals surface area (Å²) in [7, 11) is -0.824. The van der Waals surface area contributed by atoms with Crippen LogP contribution in [0, 0.1) is 0 Å². The van der Waals surface area contributed by atoms with Gasteiger partial charge in [0.15, 0.2) is 0 Å². The van der Waals surface area contributed by atoms with E-state index >= 15 is 0 Å². The maximum absolute atomic E-state index is 12.4. The first-order chi connectivity index (χ1) is 10.0. The van der Waals surface area contributed by atoms with Crippen molar-refractivity contribution < 1.29 is 8.42 Å². The first kappa shape index (κ1) is 13.0. The minimum Gasteiger partial charge on any atom is -0.361 e. The molecule has 0 aliphatic carbocycles. The van der Waals surface area contributed by atoms with E-state index in [0.717, 1.165) is 22.0 Å². The van der Waals surface area contributed by atoms with Gasteiger partial charge in [0.25, 0.3) is 0 Å². The standard InChI is InChI=1S/C15H13N2O2PS/c18-21(19)14-8-4-2-6-11(14)15(20,17-21)12-9-16-13-7-3-1-5-10(12)13/h1-9,16-17H,20H2. The fourth-order valence-corrected chi connectivity index (χ4v) is 5.54. The van der Waals surface area contributed by atoms with Gasteiger partial charge in [-0.05, 0) is 12.1 Å². The third-order valence-corrected chi connectivity index (χ3v) is 6.41. The van der Waals surface area contributed by atoms with Crippen molar-refractivity contribution in [3.63, 3.8) is 0 Å². The van der Waals surface area contributed by atoms with Gasteiger partial charge in [-0.2, -0.15) is 4.72 Å². The predicted molar refractivity (Wildman–Crippen MR) is 85.6 cm³/mol. The normalized spacial score (nSPS) is 23.3. The van der Waals surface area contributed by atoms with E-state index in [9.17, 15) is 8.42 Å². The van der Waals surface area contributed by atoms with Crippen LogP contribution in [0.1, 0.15) is 11.1 Å². The number of H-pyrrole nitrogens is 1. The lowest BCUT2D eigenvalue weighted by atomic mass is 9.98. The summed E-state index contributed by atoms with van der Waals surface area (Å²) < 4.78 is 27.5. The number of benzene rings is 2. The molecule has 0 saturated heterocycles. The summed E-state index contributed by atoms with van der Waals surface area (Å²) in [5.41, 5.74) is 2.63. The van der Waals surface area contributed by atoms with Gasteiger partial charge in [-0.1, -0.05) is 36.4 Å². The molecule has 4 nitrogen and oxygen atoms in total. The van der Waals surface area contributed by atoms with Crippen LogP contribution in [0.5, 0.6) is 0 Å². The van der Waals surface area contributed by atoms with Crippen molar-refractivity contribution >= 4 is 30.2 Å². The topological polar surface area (TPSA) is 62.0 Å². The maximum atomic E-state index is 12.4. The number of hydrogen-bond acceptors (Lipinski definition) is 2. The first-order valence-electron chi connectivity index (χ1n) is 6.51. The third kappa shape index (κ3) is 1.72. The zero-order valence-electron chi connectivity index (χ0n) is 11.0. The van der Waals surface area contributed by atoms with Crippen molar-refractivity contribution in [3.8, 4) is 0 Å². The molecule has 4 rings (SSSR count). The van der Waals surface area contributed by atoms with Crippen molar-refractivity contribution in [1.82, 2.24) is 9.71 Å². The number of fused-ring (bicyclic) bond motifs is 2. The Morgan fingerprint density at radius 3 is 2.52 bits per heavy atom. The molecule has 106 valence electrons. The molecule has 2 unspecified atom stereocenters. The van der Waals surface area contributed by atoms with Crippen molar-refractivity contribution in [1.29, 1.82) is 0 Å². The van der Waals surface area contributed by atoms with Gasteiger partial charge in [0, 0.05) is 28.2 Å². The SMILES string of the molecule is O=S1(=O)NC(P)(c2c[nH]c3ccccc23)c2ccccc21. The van der Waals surface area contributed by atoms with Crippen LogP contribution in [0.15, 0.2) is 59.6 Å². The van der Waals surface area contributed by atoms with E-state index in [-0.39, 0.29) is 0 Å². The zero-order chi connectivity index (χ0) is 14.7. The molecule has 1 aliphatic heterocycles. The molecule has 0 bridgehead atoms. The Morgan fingerprint density at radius 1 is 0.952 bits per heavy atom. The van der Waals surface area contributed by atoms with Crippen LogP contribution in [0.2, 0.25) is 0 Å². The second-order valence-corrected chi connectivity index (χ2v) is 7.67. The van der Waals surface area contributed by atoms with Crippen LogP contribution in [-0.2, 0) is 15.3 Å². The van der Waals surface area contributed by atoms with Gasteiger partial charge in [0.2, 0.25) is 10.0 Å². The molecule has 0 spiro atoms. The van der Waals surface area contributed by atoms with E-state index in [1.807, 2.05) is 42.6 Å². The second-order valence-electron chi connectivity index (χ2n) is 5.16. The number of nitrogens with one attached hydrogen (secondary N) is 2. The lowest BCUT2D eigenvalue weighted by molar-refractivity contribution is 0.580. The molecular weight excluding hydrogens is 303 g/mol. The molecular formula is C15H13N2O2PS. The van der Waals surface area contributed by atoms with Gasteiger partial charge in [-0.25, -0.2) is 8.42 Å². The van der Waals surface area contributed by atoms with E-state index < -0.39 is 15.3 Å². The average Bonchev–Trinajstić information content (AvgIpc) is 2.99. The first-order valence-corrected chi connectivity index (χ1v) is 8.57. The Kier molecular flexibility index (Phi) is 2.58. The van der Waals surface area contributed by atoms with E-state index in [1.54, 1.807) is 12.1 Å². The van der Waals surface area contributed by atoms with Crippen LogP contribution in [-0.4, -0.2) is 13.4 Å². The van der Waals surface area contributed by atoms with Gasteiger partial charge in [0.1, 0.15) is 5.28 Å². The largest absolute Gasteiger partial charge is 0.361 e.